The Morgan fingerprint density at radius 1 is 0.580 bits per heavy atom. The smallest absolute Gasteiger partial charge is 0.306 e. The molecule has 3 amide bonds. The van der Waals surface area contributed by atoms with E-state index in [9.17, 15) is 24.0 Å². The van der Waals surface area contributed by atoms with Gasteiger partial charge in [0.05, 0.1) is 39.6 Å². The van der Waals surface area contributed by atoms with E-state index in [0.717, 1.165) is 12.0 Å². The van der Waals surface area contributed by atoms with Crippen molar-refractivity contribution in [2.24, 2.45) is 17.2 Å². The number of benzene rings is 1. The molecular weight excluding hydrogens is 648 g/mol. The summed E-state index contributed by atoms with van der Waals surface area (Å²) >= 11 is 0. The Morgan fingerprint density at radius 3 is 1.66 bits per heavy atom. The van der Waals surface area contributed by atoms with Gasteiger partial charge in [-0.15, -0.1) is 0 Å². The summed E-state index contributed by atoms with van der Waals surface area (Å²) in [7, 11) is 0. The van der Waals surface area contributed by atoms with E-state index in [4.69, 9.17) is 36.1 Å². The topological polar surface area (TPSA) is 236 Å². The summed E-state index contributed by atoms with van der Waals surface area (Å²) in [4.78, 5) is 62.2. The van der Waals surface area contributed by atoms with Crippen LogP contribution in [0.2, 0.25) is 0 Å². The third-order valence-corrected chi connectivity index (χ3v) is 7.36. The zero-order valence-corrected chi connectivity index (χ0v) is 29.6. The molecule has 0 atom stereocenters. The molecule has 50 heavy (non-hydrogen) atoms. The molecule has 0 unspecified atom stereocenters. The molecule has 1 rings (SSSR count). The summed E-state index contributed by atoms with van der Waals surface area (Å²) in [6.45, 7) is 2.50. The van der Waals surface area contributed by atoms with Crippen molar-refractivity contribution in [1.82, 2.24) is 16.0 Å². The van der Waals surface area contributed by atoms with E-state index in [-0.39, 0.29) is 108 Å². The van der Waals surface area contributed by atoms with Gasteiger partial charge < -0.3 is 52.1 Å². The lowest BCUT2D eigenvalue weighted by Gasteiger charge is -2.34. The van der Waals surface area contributed by atoms with Crippen LogP contribution in [0.1, 0.15) is 76.2 Å². The molecule has 0 saturated carbocycles. The summed E-state index contributed by atoms with van der Waals surface area (Å²) in [5, 5.41) is 8.49. The van der Waals surface area contributed by atoms with Gasteiger partial charge in [-0.2, -0.15) is 0 Å². The number of esters is 1. The fraction of sp³-hybridized carbons (Fsp3) is 0.686. The van der Waals surface area contributed by atoms with Gasteiger partial charge in [-0.05, 0) is 57.3 Å². The molecule has 9 N–H and O–H groups in total. The largest absolute Gasteiger partial charge is 0.461 e. The number of unbranched alkanes of at least 4 members (excludes halogenated alkanes) is 1. The van der Waals surface area contributed by atoms with Crippen molar-refractivity contribution in [3.63, 3.8) is 0 Å². The Morgan fingerprint density at radius 2 is 1.12 bits per heavy atom. The number of ether oxygens (including phenoxy) is 4. The van der Waals surface area contributed by atoms with Crippen molar-refractivity contribution in [1.29, 1.82) is 0 Å². The molecule has 0 aliphatic carbocycles. The van der Waals surface area contributed by atoms with Crippen molar-refractivity contribution in [2.45, 2.75) is 82.8 Å². The van der Waals surface area contributed by atoms with Crippen molar-refractivity contribution in [3.05, 3.63) is 35.9 Å². The monoisotopic (exact) mass is 708 g/mol. The fourth-order valence-electron chi connectivity index (χ4n) is 4.54. The summed E-state index contributed by atoms with van der Waals surface area (Å²) in [5.41, 5.74) is 16.1. The molecule has 0 bridgehead atoms. The predicted octanol–water partition coefficient (Wildman–Crippen LogP) is 0.603. The molecule has 0 radical (unpaired) electrons. The lowest BCUT2D eigenvalue weighted by atomic mass is 10.0. The normalized spacial score (nSPS) is 11.2. The van der Waals surface area contributed by atoms with E-state index < -0.39 is 11.5 Å². The SMILES string of the molecule is NCCCCC(=O)CCOCC(COCCC(=O)NCCCN)(COCCC(=O)NCCCN)NC(=O)CCCC(=O)OCc1ccccc1. The lowest BCUT2D eigenvalue weighted by molar-refractivity contribution is -0.145. The first-order valence-corrected chi connectivity index (χ1v) is 17.6. The van der Waals surface area contributed by atoms with Gasteiger partial charge in [0.25, 0.3) is 0 Å². The van der Waals surface area contributed by atoms with Gasteiger partial charge in [0.15, 0.2) is 0 Å². The quantitative estimate of drug-likeness (QED) is 0.0446. The average Bonchev–Trinajstić information content (AvgIpc) is 3.10. The molecule has 0 fully saturated rings. The van der Waals surface area contributed by atoms with E-state index in [1.165, 1.54) is 0 Å². The lowest BCUT2D eigenvalue weighted by Crippen LogP contribution is -2.58. The Hall–Kier alpha value is -3.47. The van der Waals surface area contributed by atoms with Crippen LogP contribution >= 0.6 is 0 Å². The van der Waals surface area contributed by atoms with Crippen molar-refractivity contribution in [3.8, 4) is 0 Å². The van der Waals surface area contributed by atoms with Gasteiger partial charge in [0, 0.05) is 51.6 Å². The minimum absolute atomic E-state index is 0.00884. The number of carbonyl (C=O) groups is 5. The van der Waals surface area contributed by atoms with Crippen LogP contribution in [0.3, 0.4) is 0 Å². The van der Waals surface area contributed by atoms with Crippen molar-refractivity contribution >= 4 is 29.5 Å². The maximum Gasteiger partial charge on any atom is 0.306 e. The molecule has 0 aliphatic heterocycles. The van der Waals surface area contributed by atoms with Crippen LogP contribution in [-0.4, -0.2) is 107 Å². The highest BCUT2D eigenvalue weighted by atomic mass is 16.5. The van der Waals surface area contributed by atoms with E-state index >= 15 is 0 Å². The number of ketones is 1. The molecular formula is C35H60N6O9. The Labute approximate surface area is 296 Å². The molecule has 0 aliphatic rings. The first kappa shape index (κ1) is 44.6. The molecule has 0 heterocycles. The van der Waals surface area contributed by atoms with Gasteiger partial charge in [-0.25, -0.2) is 0 Å². The number of nitrogens with one attached hydrogen (secondary N) is 3. The maximum absolute atomic E-state index is 13.2. The summed E-state index contributed by atoms with van der Waals surface area (Å²) < 4.78 is 23.0. The van der Waals surface area contributed by atoms with Crippen molar-refractivity contribution in [2.75, 3.05) is 72.4 Å². The number of hydrogen-bond donors (Lipinski definition) is 6. The van der Waals surface area contributed by atoms with Crippen LogP contribution in [0.5, 0.6) is 0 Å². The second-order valence-corrected chi connectivity index (χ2v) is 12.0. The van der Waals surface area contributed by atoms with E-state index in [1.54, 1.807) is 0 Å². The van der Waals surface area contributed by atoms with Crippen molar-refractivity contribution < 1.29 is 42.9 Å². The number of nitrogens with two attached hydrogens (primary N) is 3. The highest BCUT2D eigenvalue weighted by molar-refractivity contribution is 5.79. The minimum Gasteiger partial charge on any atom is -0.461 e. The summed E-state index contributed by atoms with van der Waals surface area (Å²) in [6, 6.07) is 9.29. The third kappa shape index (κ3) is 23.8. The van der Waals surface area contributed by atoms with E-state index in [1.807, 2.05) is 30.3 Å². The van der Waals surface area contributed by atoms with Gasteiger partial charge in [0.1, 0.15) is 17.9 Å². The van der Waals surface area contributed by atoms with Gasteiger partial charge in [-0.1, -0.05) is 30.3 Å². The zero-order valence-electron chi connectivity index (χ0n) is 29.6. The number of amides is 3. The molecule has 1 aromatic rings. The van der Waals surface area contributed by atoms with Crippen LogP contribution < -0.4 is 33.2 Å². The number of carbonyl (C=O) groups excluding carboxylic acids is 5. The number of hydrogen-bond acceptors (Lipinski definition) is 12. The van der Waals surface area contributed by atoms with Gasteiger partial charge >= 0.3 is 5.97 Å². The van der Waals surface area contributed by atoms with Crippen LogP contribution in [0.15, 0.2) is 30.3 Å². The highest BCUT2D eigenvalue weighted by Crippen LogP contribution is 2.13. The second kappa shape index (κ2) is 29.3. The molecule has 0 saturated heterocycles. The Bertz CT molecular complexity index is 1020. The average molecular weight is 709 g/mol. The van der Waals surface area contributed by atoms with Gasteiger partial charge in [0.2, 0.25) is 17.7 Å². The first-order chi connectivity index (χ1) is 24.2. The number of Topliss-reactive ketones (excluding diaryl/α,β-unsaturated/α-hetero) is 1. The summed E-state index contributed by atoms with van der Waals surface area (Å²) in [6.07, 6.45) is 3.83. The maximum atomic E-state index is 13.2. The third-order valence-electron chi connectivity index (χ3n) is 7.36. The molecule has 1 aromatic carbocycles. The predicted molar refractivity (Wildman–Crippen MR) is 189 cm³/mol. The van der Waals surface area contributed by atoms with E-state index in [2.05, 4.69) is 16.0 Å². The van der Waals surface area contributed by atoms with Gasteiger partial charge in [-0.3, -0.25) is 24.0 Å². The highest BCUT2D eigenvalue weighted by Gasteiger charge is 2.34. The Kier molecular flexibility index (Phi) is 26.1. The fourth-order valence-corrected chi connectivity index (χ4v) is 4.54. The van der Waals surface area contributed by atoms with Crippen LogP contribution in [0.25, 0.3) is 0 Å². The van der Waals surface area contributed by atoms with Crippen LogP contribution in [-0.2, 0) is 49.5 Å². The standard InChI is InChI=1S/C35H60N6O9/c36-17-5-4-11-30(42)14-22-47-26-35(27-48-23-15-31(43)39-20-7-18-37,28-49-24-16-32(44)40-21-8-19-38)41-33(45)12-6-13-34(46)50-25-29-9-2-1-3-10-29/h1-3,9-10H,4-8,11-28,36-38H2,(H,39,43)(H,40,44)(H,41,45). The molecule has 15 nitrogen and oxygen atoms in total. The molecule has 0 spiro atoms. The molecule has 284 valence electrons. The zero-order chi connectivity index (χ0) is 36.7. The molecule has 15 heteroatoms. The van der Waals surface area contributed by atoms with Crippen LogP contribution in [0, 0.1) is 0 Å². The van der Waals surface area contributed by atoms with Crippen LogP contribution in [0.4, 0.5) is 0 Å². The number of rotatable bonds is 32. The van der Waals surface area contributed by atoms with E-state index in [0.29, 0.717) is 58.4 Å². The Balaban J connectivity index is 2.88. The summed E-state index contributed by atoms with van der Waals surface area (Å²) in [5.74, 6) is -1.16. The second-order valence-electron chi connectivity index (χ2n) is 12.0. The molecule has 0 aromatic heterocycles. The minimum atomic E-state index is -1.22. The first-order valence-electron chi connectivity index (χ1n) is 17.6.